The zero-order chi connectivity index (χ0) is 12.6. The highest BCUT2D eigenvalue weighted by molar-refractivity contribution is 5.91. The van der Waals surface area contributed by atoms with Gasteiger partial charge in [-0.3, -0.25) is 4.79 Å². The van der Waals surface area contributed by atoms with E-state index in [-0.39, 0.29) is 5.91 Å². The molecule has 0 bridgehead atoms. The zero-order valence-corrected chi connectivity index (χ0v) is 10.0. The number of carbonyl (C=O) groups is 1. The molecule has 3 nitrogen and oxygen atoms in total. The van der Waals surface area contributed by atoms with E-state index in [0.717, 1.165) is 17.5 Å². The van der Waals surface area contributed by atoms with Gasteiger partial charge in [-0.1, -0.05) is 30.3 Å². The number of nitrogens with one attached hydrogen (secondary N) is 1. The van der Waals surface area contributed by atoms with E-state index >= 15 is 0 Å². The zero-order valence-electron chi connectivity index (χ0n) is 10.0. The second-order valence-corrected chi connectivity index (χ2v) is 3.92. The molecule has 2 aromatic rings. The molecule has 92 valence electrons. The van der Waals surface area contributed by atoms with Crippen LogP contribution in [0.2, 0.25) is 0 Å². The van der Waals surface area contributed by atoms with Gasteiger partial charge in [-0.15, -0.1) is 0 Å². The standard InChI is InChI=1S/C15H15NO2/c17-15(7-6-13-4-2-1-3-5-13)16-10-8-14-9-11-18-12-14/h1-7,9,11-12H,8,10H2,(H,16,17)/b7-6+. The van der Waals surface area contributed by atoms with E-state index in [4.69, 9.17) is 4.42 Å². The molecule has 0 atom stereocenters. The number of carbonyl (C=O) groups excluding carboxylic acids is 1. The van der Waals surface area contributed by atoms with Gasteiger partial charge in [-0.05, 0) is 29.7 Å². The third-order valence-electron chi connectivity index (χ3n) is 2.52. The average Bonchev–Trinajstić information content (AvgIpc) is 2.91. The van der Waals surface area contributed by atoms with E-state index in [1.807, 2.05) is 36.4 Å². The minimum absolute atomic E-state index is 0.0812. The third kappa shape index (κ3) is 3.94. The van der Waals surface area contributed by atoms with Crippen molar-refractivity contribution in [1.29, 1.82) is 0 Å². The van der Waals surface area contributed by atoms with Crippen molar-refractivity contribution in [2.45, 2.75) is 6.42 Å². The van der Waals surface area contributed by atoms with Crippen LogP contribution in [0.5, 0.6) is 0 Å². The predicted octanol–water partition coefficient (Wildman–Crippen LogP) is 2.65. The largest absolute Gasteiger partial charge is 0.472 e. The van der Waals surface area contributed by atoms with Crippen molar-refractivity contribution in [1.82, 2.24) is 5.32 Å². The Labute approximate surface area is 106 Å². The molecule has 0 radical (unpaired) electrons. The van der Waals surface area contributed by atoms with Crippen molar-refractivity contribution in [3.63, 3.8) is 0 Å². The van der Waals surface area contributed by atoms with Crippen molar-refractivity contribution >= 4 is 12.0 Å². The molecule has 0 saturated heterocycles. The van der Waals surface area contributed by atoms with Crippen LogP contribution in [0.15, 0.2) is 59.4 Å². The van der Waals surface area contributed by atoms with Crippen LogP contribution < -0.4 is 5.32 Å². The van der Waals surface area contributed by atoms with Crippen molar-refractivity contribution in [2.24, 2.45) is 0 Å². The van der Waals surface area contributed by atoms with Crippen molar-refractivity contribution in [2.75, 3.05) is 6.54 Å². The summed E-state index contributed by atoms with van der Waals surface area (Å²) in [5, 5.41) is 2.82. The molecular formula is C15H15NO2. The monoisotopic (exact) mass is 241 g/mol. The summed E-state index contributed by atoms with van der Waals surface area (Å²) in [5.41, 5.74) is 2.10. The summed E-state index contributed by atoms with van der Waals surface area (Å²) in [6.45, 7) is 0.609. The van der Waals surface area contributed by atoms with Crippen LogP contribution >= 0.6 is 0 Å². The molecular weight excluding hydrogens is 226 g/mol. The highest BCUT2D eigenvalue weighted by Crippen LogP contribution is 2.01. The van der Waals surface area contributed by atoms with Crippen LogP contribution in [0.1, 0.15) is 11.1 Å². The summed E-state index contributed by atoms with van der Waals surface area (Å²) >= 11 is 0. The maximum absolute atomic E-state index is 11.5. The van der Waals surface area contributed by atoms with Gasteiger partial charge in [0.1, 0.15) is 0 Å². The summed E-state index contributed by atoms with van der Waals surface area (Å²) in [6.07, 6.45) is 7.44. The van der Waals surface area contributed by atoms with Crippen LogP contribution in [0.25, 0.3) is 6.08 Å². The first-order chi connectivity index (χ1) is 8.84. The van der Waals surface area contributed by atoms with Gasteiger partial charge < -0.3 is 9.73 Å². The Morgan fingerprint density at radius 2 is 2.06 bits per heavy atom. The van der Waals surface area contributed by atoms with Gasteiger partial charge in [0.15, 0.2) is 0 Å². The molecule has 0 aliphatic heterocycles. The summed E-state index contributed by atoms with van der Waals surface area (Å²) < 4.78 is 4.95. The Hall–Kier alpha value is -2.29. The molecule has 3 heteroatoms. The molecule has 1 N–H and O–H groups in total. The van der Waals surface area contributed by atoms with Crippen LogP contribution in [0, 0.1) is 0 Å². The molecule has 18 heavy (non-hydrogen) atoms. The summed E-state index contributed by atoms with van der Waals surface area (Å²) in [4.78, 5) is 11.5. The SMILES string of the molecule is O=C(/C=C/c1ccccc1)NCCc1ccoc1. The Balaban J connectivity index is 1.74. The topological polar surface area (TPSA) is 42.2 Å². The van der Waals surface area contributed by atoms with Crippen molar-refractivity contribution in [3.05, 3.63) is 66.1 Å². The molecule has 1 aromatic heterocycles. The maximum Gasteiger partial charge on any atom is 0.244 e. The fourth-order valence-corrected chi connectivity index (χ4v) is 1.56. The lowest BCUT2D eigenvalue weighted by atomic mass is 10.2. The smallest absolute Gasteiger partial charge is 0.244 e. The molecule has 0 unspecified atom stereocenters. The van der Waals surface area contributed by atoms with Crippen molar-refractivity contribution < 1.29 is 9.21 Å². The molecule has 0 spiro atoms. The quantitative estimate of drug-likeness (QED) is 0.818. The fourth-order valence-electron chi connectivity index (χ4n) is 1.56. The number of hydrogen-bond donors (Lipinski definition) is 1. The Morgan fingerprint density at radius 3 is 2.78 bits per heavy atom. The molecule has 0 saturated carbocycles. The van der Waals surface area contributed by atoms with Gasteiger partial charge >= 0.3 is 0 Å². The lowest BCUT2D eigenvalue weighted by molar-refractivity contribution is -0.116. The Kier molecular flexibility index (Phi) is 4.36. The molecule has 1 amide bonds. The first-order valence-corrected chi connectivity index (χ1v) is 5.86. The minimum Gasteiger partial charge on any atom is -0.472 e. The number of hydrogen-bond acceptors (Lipinski definition) is 2. The third-order valence-corrected chi connectivity index (χ3v) is 2.52. The minimum atomic E-state index is -0.0812. The Bertz CT molecular complexity index is 501. The molecule has 0 fully saturated rings. The Morgan fingerprint density at radius 1 is 1.22 bits per heavy atom. The number of amides is 1. The van der Waals surface area contributed by atoms with E-state index in [9.17, 15) is 4.79 Å². The summed E-state index contributed by atoms with van der Waals surface area (Å²) in [5.74, 6) is -0.0812. The van der Waals surface area contributed by atoms with Crippen LogP contribution in [0.3, 0.4) is 0 Å². The van der Waals surface area contributed by atoms with E-state index < -0.39 is 0 Å². The molecule has 0 aliphatic carbocycles. The van der Waals surface area contributed by atoms with E-state index in [1.54, 1.807) is 24.7 Å². The lowest BCUT2D eigenvalue weighted by Gasteiger charge is -1.99. The normalized spacial score (nSPS) is 10.7. The first-order valence-electron chi connectivity index (χ1n) is 5.86. The highest BCUT2D eigenvalue weighted by atomic mass is 16.3. The number of benzene rings is 1. The molecule has 1 aromatic carbocycles. The predicted molar refractivity (Wildman–Crippen MR) is 70.9 cm³/mol. The summed E-state index contributed by atoms with van der Waals surface area (Å²) in [7, 11) is 0. The number of furan rings is 1. The van der Waals surface area contributed by atoms with Crippen LogP contribution in [0.4, 0.5) is 0 Å². The van der Waals surface area contributed by atoms with E-state index in [1.165, 1.54) is 0 Å². The van der Waals surface area contributed by atoms with Gasteiger partial charge in [0, 0.05) is 12.6 Å². The molecule has 0 aliphatic rings. The average molecular weight is 241 g/mol. The highest BCUT2D eigenvalue weighted by Gasteiger charge is 1.97. The summed E-state index contributed by atoms with van der Waals surface area (Å²) in [6, 6.07) is 11.6. The molecule has 1 heterocycles. The van der Waals surface area contributed by atoms with Gasteiger partial charge in [-0.25, -0.2) is 0 Å². The van der Waals surface area contributed by atoms with E-state index in [2.05, 4.69) is 5.32 Å². The van der Waals surface area contributed by atoms with Crippen molar-refractivity contribution in [3.8, 4) is 0 Å². The van der Waals surface area contributed by atoms with Gasteiger partial charge in [-0.2, -0.15) is 0 Å². The van der Waals surface area contributed by atoms with Gasteiger partial charge in [0.05, 0.1) is 12.5 Å². The maximum atomic E-state index is 11.5. The number of rotatable bonds is 5. The van der Waals surface area contributed by atoms with Gasteiger partial charge in [0.25, 0.3) is 0 Å². The second-order valence-electron chi connectivity index (χ2n) is 3.92. The fraction of sp³-hybridized carbons (Fsp3) is 0.133. The first kappa shape index (κ1) is 12.2. The molecule has 2 rings (SSSR count). The van der Waals surface area contributed by atoms with Gasteiger partial charge in [0.2, 0.25) is 5.91 Å². The van der Waals surface area contributed by atoms with Crippen LogP contribution in [-0.4, -0.2) is 12.5 Å². The lowest BCUT2D eigenvalue weighted by Crippen LogP contribution is -2.23. The van der Waals surface area contributed by atoms with E-state index in [0.29, 0.717) is 6.54 Å². The van der Waals surface area contributed by atoms with Crippen LogP contribution in [-0.2, 0) is 11.2 Å². The second kappa shape index (κ2) is 6.45.